The van der Waals surface area contributed by atoms with Crippen LogP contribution in [-0.4, -0.2) is 5.11 Å². The van der Waals surface area contributed by atoms with Crippen LogP contribution in [0.25, 0.3) is 0 Å². The highest BCUT2D eigenvalue weighted by Crippen LogP contribution is 2.37. The van der Waals surface area contributed by atoms with Crippen LogP contribution in [0.3, 0.4) is 0 Å². The van der Waals surface area contributed by atoms with Crippen LogP contribution >= 0.6 is 0 Å². The summed E-state index contributed by atoms with van der Waals surface area (Å²) in [7, 11) is 0. The lowest BCUT2D eigenvalue weighted by Gasteiger charge is -2.24. The summed E-state index contributed by atoms with van der Waals surface area (Å²) in [6, 6.07) is 5.80. The molecule has 76 valence electrons. The zero-order chi connectivity index (χ0) is 10.2. The molecule has 0 aliphatic heterocycles. The molecule has 0 saturated heterocycles. The zero-order valence-electron chi connectivity index (χ0n) is 8.59. The van der Waals surface area contributed by atoms with Crippen LogP contribution < -0.4 is 5.73 Å². The van der Waals surface area contributed by atoms with Gasteiger partial charge in [-0.2, -0.15) is 0 Å². The average Bonchev–Trinajstić information content (AvgIpc) is 2.58. The molecule has 1 fully saturated rings. The van der Waals surface area contributed by atoms with Crippen molar-refractivity contribution >= 4 is 0 Å². The van der Waals surface area contributed by atoms with E-state index in [-0.39, 0.29) is 5.54 Å². The van der Waals surface area contributed by atoms with Crippen LogP contribution in [0.1, 0.15) is 36.8 Å². The van der Waals surface area contributed by atoms with E-state index in [9.17, 15) is 5.11 Å². The fourth-order valence-corrected chi connectivity index (χ4v) is 2.21. The Hall–Kier alpha value is -1.02. The third-order valence-electron chi connectivity index (χ3n) is 3.28. The predicted molar refractivity (Wildman–Crippen MR) is 57.2 cm³/mol. The molecule has 1 aliphatic carbocycles. The molecule has 2 rings (SSSR count). The summed E-state index contributed by atoms with van der Waals surface area (Å²) in [5.41, 5.74) is 8.09. The van der Waals surface area contributed by atoms with E-state index < -0.39 is 0 Å². The number of benzene rings is 1. The van der Waals surface area contributed by atoms with Crippen molar-refractivity contribution in [3.63, 3.8) is 0 Å². The first-order valence-electron chi connectivity index (χ1n) is 5.21. The minimum atomic E-state index is -0.189. The number of aryl methyl sites for hydroxylation is 1. The largest absolute Gasteiger partial charge is 0.508 e. The summed E-state index contributed by atoms with van der Waals surface area (Å²) in [4.78, 5) is 0. The van der Waals surface area contributed by atoms with Crippen LogP contribution in [0.4, 0.5) is 0 Å². The molecular formula is C12H17NO. The van der Waals surface area contributed by atoms with Crippen molar-refractivity contribution in [2.45, 2.75) is 38.1 Å². The topological polar surface area (TPSA) is 46.2 Å². The fraction of sp³-hybridized carbons (Fsp3) is 0.500. The van der Waals surface area contributed by atoms with Gasteiger partial charge in [-0.1, -0.05) is 25.0 Å². The van der Waals surface area contributed by atoms with Gasteiger partial charge in [0.2, 0.25) is 0 Å². The maximum absolute atomic E-state index is 9.62. The van der Waals surface area contributed by atoms with Gasteiger partial charge in [0.25, 0.3) is 0 Å². The highest BCUT2D eigenvalue weighted by atomic mass is 16.3. The van der Waals surface area contributed by atoms with E-state index in [1.165, 1.54) is 12.8 Å². The first kappa shape index (κ1) is 9.53. The van der Waals surface area contributed by atoms with Crippen LogP contribution in [0.5, 0.6) is 5.75 Å². The Labute approximate surface area is 84.7 Å². The molecule has 3 N–H and O–H groups in total. The number of hydrogen-bond donors (Lipinski definition) is 2. The number of phenolic OH excluding ortho intramolecular Hbond substituents is 1. The number of phenols is 1. The van der Waals surface area contributed by atoms with Crippen molar-refractivity contribution in [2.75, 3.05) is 0 Å². The third kappa shape index (κ3) is 1.50. The second kappa shape index (κ2) is 3.28. The minimum absolute atomic E-state index is 0.189. The first-order chi connectivity index (χ1) is 6.62. The molecule has 1 saturated carbocycles. The van der Waals surface area contributed by atoms with Crippen molar-refractivity contribution < 1.29 is 5.11 Å². The van der Waals surface area contributed by atoms with E-state index in [0.717, 1.165) is 24.0 Å². The monoisotopic (exact) mass is 191 g/mol. The van der Waals surface area contributed by atoms with Crippen LogP contribution in [0.15, 0.2) is 18.2 Å². The second-order valence-corrected chi connectivity index (χ2v) is 4.36. The summed E-state index contributed by atoms with van der Waals surface area (Å²) in [5.74, 6) is 0.360. The number of hydrogen-bond acceptors (Lipinski definition) is 2. The minimum Gasteiger partial charge on any atom is -0.508 e. The lowest BCUT2D eigenvalue weighted by atomic mass is 9.89. The molecular weight excluding hydrogens is 174 g/mol. The van der Waals surface area contributed by atoms with Crippen molar-refractivity contribution in [2.24, 2.45) is 5.73 Å². The van der Waals surface area contributed by atoms with Crippen molar-refractivity contribution in [3.8, 4) is 5.75 Å². The molecule has 1 aromatic rings. The molecule has 0 spiro atoms. The van der Waals surface area contributed by atoms with Gasteiger partial charge in [-0.15, -0.1) is 0 Å². The second-order valence-electron chi connectivity index (χ2n) is 4.36. The molecule has 2 nitrogen and oxygen atoms in total. The van der Waals surface area contributed by atoms with Crippen molar-refractivity contribution in [1.29, 1.82) is 0 Å². The summed E-state index contributed by atoms with van der Waals surface area (Å²) in [6.07, 6.45) is 4.47. The first-order valence-corrected chi connectivity index (χ1v) is 5.21. The van der Waals surface area contributed by atoms with Crippen molar-refractivity contribution in [1.82, 2.24) is 0 Å². The lowest BCUT2D eigenvalue weighted by Crippen LogP contribution is -2.32. The average molecular weight is 191 g/mol. The summed E-state index contributed by atoms with van der Waals surface area (Å²) >= 11 is 0. The molecule has 0 bridgehead atoms. The lowest BCUT2D eigenvalue weighted by molar-refractivity contribution is 0.444. The van der Waals surface area contributed by atoms with Gasteiger partial charge in [0.05, 0.1) is 0 Å². The van der Waals surface area contributed by atoms with Gasteiger partial charge >= 0.3 is 0 Å². The van der Waals surface area contributed by atoms with Gasteiger partial charge in [0.15, 0.2) is 0 Å². The van der Waals surface area contributed by atoms with Gasteiger partial charge in [0.1, 0.15) is 5.75 Å². The maximum atomic E-state index is 9.62. The Kier molecular flexibility index (Phi) is 2.23. The molecule has 0 radical (unpaired) electrons. The molecule has 0 unspecified atom stereocenters. The Morgan fingerprint density at radius 2 is 1.93 bits per heavy atom. The van der Waals surface area contributed by atoms with Crippen molar-refractivity contribution in [3.05, 3.63) is 29.3 Å². The molecule has 2 heteroatoms. The molecule has 1 aromatic carbocycles. The van der Waals surface area contributed by atoms with E-state index in [4.69, 9.17) is 5.73 Å². The van der Waals surface area contributed by atoms with Gasteiger partial charge in [-0.05, 0) is 37.0 Å². The van der Waals surface area contributed by atoms with Gasteiger partial charge in [-0.3, -0.25) is 0 Å². The third-order valence-corrected chi connectivity index (χ3v) is 3.28. The summed E-state index contributed by atoms with van der Waals surface area (Å²) in [6.45, 7) is 1.90. The standard InChI is InChI=1S/C12H17NO/c1-9-4-5-10(8-11(9)14)12(13)6-2-3-7-12/h4-5,8,14H,2-3,6-7,13H2,1H3. The van der Waals surface area contributed by atoms with E-state index in [0.29, 0.717) is 5.75 Å². The van der Waals surface area contributed by atoms with Gasteiger partial charge < -0.3 is 10.8 Å². The maximum Gasteiger partial charge on any atom is 0.118 e. The highest BCUT2D eigenvalue weighted by Gasteiger charge is 2.31. The zero-order valence-corrected chi connectivity index (χ0v) is 8.59. The number of aromatic hydroxyl groups is 1. The van der Waals surface area contributed by atoms with Gasteiger partial charge in [0, 0.05) is 5.54 Å². The molecule has 0 atom stereocenters. The number of rotatable bonds is 1. The normalized spacial score (nSPS) is 19.9. The summed E-state index contributed by atoms with van der Waals surface area (Å²) < 4.78 is 0. The van der Waals surface area contributed by atoms with Gasteiger partial charge in [-0.25, -0.2) is 0 Å². The quantitative estimate of drug-likeness (QED) is 0.716. The van der Waals surface area contributed by atoms with Crippen LogP contribution in [-0.2, 0) is 5.54 Å². The van der Waals surface area contributed by atoms with Crippen LogP contribution in [0.2, 0.25) is 0 Å². The smallest absolute Gasteiger partial charge is 0.118 e. The molecule has 0 heterocycles. The van der Waals surface area contributed by atoms with Crippen LogP contribution in [0, 0.1) is 6.92 Å². The number of nitrogens with two attached hydrogens (primary N) is 1. The Balaban J connectivity index is 2.36. The Morgan fingerprint density at radius 3 is 2.50 bits per heavy atom. The van der Waals surface area contributed by atoms with E-state index in [2.05, 4.69) is 0 Å². The summed E-state index contributed by atoms with van der Waals surface area (Å²) in [5, 5.41) is 9.62. The predicted octanol–water partition coefficient (Wildman–Crippen LogP) is 2.43. The molecule has 1 aliphatic rings. The van der Waals surface area contributed by atoms with E-state index in [1.807, 2.05) is 25.1 Å². The SMILES string of the molecule is Cc1ccc(C2(N)CCCC2)cc1O. The highest BCUT2D eigenvalue weighted by molar-refractivity contribution is 5.38. The Bertz CT molecular complexity index is 340. The molecule has 0 aromatic heterocycles. The van der Waals surface area contributed by atoms with E-state index >= 15 is 0 Å². The Morgan fingerprint density at radius 1 is 1.29 bits per heavy atom. The molecule has 0 amide bonds. The molecule has 14 heavy (non-hydrogen) atoms. The van der Waals surface area contributed by atoms with E-state index in [1.54, 1.807) is 0 Å². The fourth-order valence-electron chi connectivity index (χ4n) is 2.21.